The second kappa shape index (κ2) is 16.0. The van der Waals surface area contributed by atoms with E-state index < -0.39 is 16.1 Å². The molecule has 328 valence electrons. The third-order valence-electron chi connectivity index (χ3n) is 15.3. The average Bonchev–Trinajstić information content (AvgIpc) is 3.96. The number of aromatic nitrogens is 2. The van der Waals surface area contributed by atoms with Gasteiger partial charge in [-0.25, -0.2) is 0 Å². The largest absolute Gasteiger partial charge is 0.309 e. The highest BCUT2D eigenvalue weighted by Gasteiger charge is 2.56. The Morgan fingerprint density at radius 3 is 1.10 bits per heavy atom. The first-order valence-electron chi connectivity index (χ1n) is 24.3. The van der Waals surface area contributed by atoms with Crippen molar-refractivity contribution in [1.82, 2.24) is 9.13 Å². The molecule has 70 heavy (non-hydrogen) atoms. The Morgan fingerprint density at radius 1 is 0.214 bits per heavy atom. The topological polar surface area (TPSA) is 9.86 Å². The van der Waals surface area contributed by atoms with Crippen LogP contribution in [-0.4, -0.2) is 25.3 Å². The molecule has 0 bridgehead atoms. The highest BCUT2D eigenvalue weighted by atomic mass is 28.3. The summed E-state index contributed by atoms with van der Waals surface area (Å²) in [6, 6.07) is 106. The van der Waals surface area contributed by atoms with Crippen molar-refractivity contribution in [2.45, 2.75) is 0 Å². The lowest BCUT2D eigenvalue weighted by Crippen LogP contribution is -2.93. The number of hydrogen-bond donors (Lipinski definition) is 0. The summed E-state index contributed by atoms with van der Waals surface area (Å²) < 4.78 is 4.97. The third kappa shape index (κ3) is 5.78. The zero-order valence-corrected chi connectivity index (χ0v) is 40.5. The van der Waals surface area contributed by atoms with Crippen LogP contribution < -0.4 is 41.5 Å². The van der Waals surface area contributed by atoms with E-state index in [0.717, 1.165) is 11.4 Å². The van der Waals surface area contributed by atoms with Gasteiger partial charge in [-0.1, -0.05) is 224 Å². The summed E-state index contributed by atoms with van der Waals surface area (Å²) in [4.78, 5) is 0. The molecule has 0 aliphatic carbocycles. The van der Waals surface area contributed by atoms with Crippen LogP contribution >= 0.6 is 0 Å². The van der Waals surface area contributed by atoms with Gasteiger partial charge in [0.2, 0.25) is 0 Å². The van der Waals surface area contributed by atoms with Crippen LogP contribution in [0.3, 0.4) is 0 Å². The van der Waals surface area contributed by atoms with Gasteiger partial charge in [0, 0.05) is 32.9 Å². The van der Waals surface area contributed by atoms with E-state index in [0.29, 0.717) is 0 Å². The Hall–Kier alpha value is -8.55. The summed E-state index contributed by atoms with van der Waals surface area (Å²) >= 11 is 0. The van der Waals surface area contributed by atoms with E-state index in [4.69, 9.17) is 0 Å². The predicted octanol–water partition coefficient (Wildman–Crippen LogP) is 10.6. The molecule has 13 aromatic rings. The standard InChI is InChI=1S/C66H46N2Si2/c1-5-22-47(23-6-1)48-40-42-61-57(44-48)58-46-50(68-59-34-15-13-32-55(59)56-33-14-16-35-60(56)68)41-43-62(58)67(61)49-24-21-31-54(45-49)70(53-29-11-4-12-30-53)65-38-19-17-36-63(65)69(51-25-7-2-8-26-51,52-27-9-3-10-28-52)64-37-18-20-39-66(64)70/h1-46H. The van der Waals surface area contributed by atoms with Crippen molar-refractivity contribution in [3.8, 4) is 22.5 Å². The molecule has 0 spiro atoms. The molecule has 3 heterocycles. The fourth-order valence-corrected chi connectivity index (χ4v) is 24.6. The molecule has 0 saturated carbocycles. The van der Waals surface area contributed by atoms with E-state index in [1.807, 2.05) is 0 Å². The highest BCUT2D eigenvalue weighted by molar-refractivity contribution is 7.32. The summed E-state index contributed by atoms with van der Waals surface area (Å²) in [5, 5.41) is 16.5. The fourth-order valence-electron chi connectivity index (χ4n) is 12.5. The second-order valence-electron chi connectivity index (χ2n) is 18.7. The molecule has 0 saturated heterocycles. The molecule has 1 aliphatic rings. The number of para-hydroxylation sites is 2. The van der Waals surface area contributed by atoms with Crippen LogP contribution in [0.4, 0.5) is 0 Å². The van der Waals surface area contributed by atoms with Crippen LogP contribution in [0.15, 0.2) is 279 Å². The van der Waals surface area contributed by atoms with Gasteiger partial charge in [0.25, 0.3) is 0 Å². The third-order valence-corrected chi connectivity index (χ3v) is 25.6. The van der Waals surface area contributed by atoms with Crippen molar-refractivity contribution in [2.24, 2.45) is 0 Å². The monoisotopic (exact) mass is 922 g/mol. The van der Waals surface area contributed by atoms with E-state index >= 15 is 0 Å². The normalized spacial score (nSPS) is 13.7. The molecular formula is C66H46N2Si2. The average molecular weight is 923 g/mol. The summed E-state index contributed by atoms with van der Waals surface area (Å²) in [7, 11) is -5.88. The van der Waals surface area contributed by atoms with Crippen LogP contribution in [0.2, 0.25) is 0 Å². The Kier molecular flexibility index (Phi) is 9.28. The van der Waals surface area contributed by atoms with Gasteiger partial charge in [0.15, 0.2) is 16.1 Å². The summed E-state index contributed by atoms with van der Waals surface area (Å²) in [6.45, 7) is 0. The van der Waals surface area contributed by atoms with Crippen LogP contribution in [0.5, 0.6) is 0 Å². The fraction of sp³-hybridized carbons (Fsp3) is 0. The first-order chi connectivity index (χ1) is 34.7. The minimum atomic E-state index is -3.04. The molecule has 0 atom stereocenters. The maximum atomic E-state index is 2.55. The molecule has 14 rings (SSSR count). The van der Waals surface area contributed by atoms with E-state index in [1.54, 1.807) is 0 Å². The van der Waals surface area contributed by atoms with Crippen LogP contribution in [0.1, 0.15) is 0 Å². The number of hydrogen-bond acceptors (Lipinski definition) is 0. The van der Waals surface area contributed by atoms with Crippen molar-refractivity contribution in [3.05, 3.63) is 279 Å². The lowest BCUT2D eigenvalue weighted by Gasteiger charge is -2.48. The van der Waals surface area contributed by atoms with Gasteiger partial charge < -0.3 is 9.13 Å². The molecule has 2 aromatic heterocycles. The van der Waals surface area contributed by atoms with Gasteiger partial charge in [-0.3, -0.25) is 0 Å². The minimum absolute atomic E-state index is 1.15. The maximum Gasteiger partial charge on any atom is 0.179 e. The number of benzene rings is 11. The zero-order chi connectivity index (χ0) is 46.2. The minimum Gasteiger partial charge on any atom is -0.309 e. The highest BCUT2D eigenvalue weighted by Crippen LogP contribution is 2.38. The van der Waals surface area contributed by atoms with Crippen molar-refractivity contribution in [1.29, 1.82) is 0 Å². The first kappa shape index (κ1) is 40.5. The quantitative estimate of drug-likeness (QED) is 0.141. The van der Waals surface area contributed by atoms with Crippen molar-refractivity contribution in [3.63, 3.8) is 0 Å². The number of rotatable bonds is 7. The van der Waals surface area contributed by atoms with Crippen LogP contribution in [0.25, 0.3) is 66.1 Å². The first-order valence-corrected chi connectivity index (χ1v) is 28.3. The predicted molar refractivity (Wildman–Crippen MR) is 301 cm³/mol. The maximum absolute atomic E-state index is 3.04. The molecule has 2 nitrogen and oxygen atoms in total. The van der Waals surface area contributed by atoms with Gasteiger partial charge in [0.05, 0.1) is 22.1 Å². The SMILES string of the molecule is c1ccc(-c2ccc3c(c2)c2cc(-n4c5ccccc5c5ccccc54)ccc2n3-c2cccc([Si]3(c4ccccc4)c4ccccc4[Si](c4ccccc4)(c4ccccc4)c4ccccc43)c2)cc1. The van der Waals surface area contributed by atoms with Gasteiger partial charge in [0.1, 0.15) is 0 Å². The van der Waals surface area contributed by atoms with E-state index in [9.17, 15) is 0 Å². The molecule has 4 heteroatoms. The Bertz CT molecular complexity index is 3980. The molecule has 1 aliphatic heterocycles. The lowest BCUT2D eigenvalue weighted by molar-refractivity contribution is 1.17. The molecule has 11 aromatic carbocycles. The number of fused-ring (bicyclic) bond motifs is 8. The van der Waals surface area contributed by atoms with Crippen LogP contribution in [-0.2, 0) is 0 Å². The summed E-state index contributed by atoms with van der Waals surface area (Å²) in [5.74, 6) is 0. The van der Waals surface area contributed by atoms with Crippen molar-refractivity contribution < 1.29 is 0 Å². The smallest absolute Gasteiger partial charge is 0.179 e. The van der Waals surface area contributed by atoms with E-state index in [-0.39, 0.29) is 0 Å². The summed E-state index contributed by atoms with van der Waals surface area (Å²) in [6.07, 6.45) is 0. The van der Waals surface area contributed by atoms with Crippen LogP contribution in [0, 0.1) is 0 Å². The lowest BCUT2D eigenvalue weighted by atomic mass is 10.0. The molecule has 0 N–H and O–H groups in total. The summed E-state index contributed by atoms with van der Waals surface area (Å²) in [5.41, 5.74) is 9.51. The van der Waals surface area contributed by atoms with E-state index in [2.05, 4.69) is 288 Å². The van der Waals surface area contributed by atoms with E-state index in [1.165, 1.54) is 96.2 Å². The zero-order valence-electron chi connectivity index (χ0n) is 38.5. The second-order valence-corrected chi connectivity index (χ2v) is 26.2. The molecule has 0 fully saturated rings. The van der Waals surface area contributed by atoms with Gasteiger partial charge in [-0.2, -0.15) is 0 Å². The van der Waals surface area contributed by atoms with Crippen molar-refractivity contribution >= 4 is 101 Å². The molecule has 0 unspecified atom stereocenters. The molecule has 0 radical (unpaired) electrons. The van der Waals surface area contributed by atoms with Gasteiger partial charge in [-0.05, 0) is 107 Å². The Morgan fingerprint density at radius 2 is 0.586 bits per heavy atom. The Labute approximate surface area is 409 Å². The Balaban J connectivity index is 1.06. The van der Waals surface area contributed by atoms with Gasteiger partial charge in [-0.15, -0.1) is 0 Å². The van der Waals surface area contributed by atoms with Crippen molar-refractivity contribution in [2.75, 3.05) is 0 Å². The number of nitrogens with zero attached hydrogens (tertiary/aromatic N) is 2. The molecule has 0 amide bonds. The van der Waals surface area contributed by atoms with Gasteiger partial charge >= 0.3 is 0 Å². The molecular weight excluding hydrogens is 877 g/mol.